The number of carbonyl (C=O) groups excluding carboxylic acids is 3. The number of hydrogen-bond acceptors (Lipinski definition) is 7. The van der Waals surface area contributed by atoms with Gasteiger partial charge in [-0.15, -0.1) is 0 Å². The van der Waals surface area contributed by atoms with Gasteiger partial charge >= 0.3 is 11.9 Å². The van der Waals surface area contributed by atoms with E-state index in [2.05, 4.69) is 15.4 Å². The predicted molar refractivity (Wildman–Crippen MR) is 86.9 cm³/mol. The Bertz CT molecular complexity index is 771. The first-order valence-electron chi connectivity index (χ1n) is 7.92. The Labute approximate surface area is 144 Å². The van der Waals surface area contributed by atoms with E-state index in [9.17, 15) is 14.4 Å². The summed E-state index contributed by atoms with van der Waals surface area (Å²) in [4.78, 5) is 39.1. The van der Waals surface area contributed by atoms with Crippen LogP contribution in [0.3, 0.4) is 0 Å². The van der Waals surface area contributed by atoms with Crippen molar-refractivity contribution >= 4 is 23.5 Å². The van der Waals surface area contributed by atoms with Crippen LogP contribution >= 0.6 is 0 Å². The number of ether oxygens (including phenoxy) is 2. The molecule has 0 aliphatic carbocycles. The van der Waals surface area contributed by atoms with Gasteiger partial charge in [0.1, 0.15) is 5.56 Å². The third-order valence-electron chi connectivity index (χ3n) is 3.29. The number of nitrogens with zero attached hydrogens (tertiary/aromatic N) is 3. The Kier molecular flexibility index (Phi) is 6.44. The highest BCUT2D eigenvalue weighted by Gasteiger charge is 2.20. The Morgan fingerprint density at radius 3 is 2.84 bits per heavy atom. The number of hydrogen-bond donors (Lipinski definition) is 1. The zero-order valence-corrected chi connectivity index (χ0v) is 14.2. The lowest BCUT2D eigenvalue weighted by Crippen LogP contribution is -2.30. The van der Waals surface area contributed by atoms with Crippen LogP contribution in [0.15, 0.2) is 18.5 Å². The molecule has 2 aromatic rings. The minimum atomic E-state index is -0.659. The van der Waals surface area contributed by atoms with E-state index in [0.29, 0.717) is 30.9 Å². The van der Waals surface area contributed by atoms with E-state index in [-0.39, 0.29) is 18.0 Å². The van der Waals surface area contributed by atoms with Gasteiger partial charge in [0.15, 0.2) is 12.3 Å². The van der Waals surface area contributed by atoms with Crippen molar-refractivity contribution in [1.29, 1.82) is 0 Å². The first-order chi connectivity index (χ1) is 12.0. The van der Waals surface area contributed by atoms with Crippen molar-refractivity contribution in [2.45, 2.75) is 26.7 Å². The van der Waals surface area contributed by atoms with Crippen molar-refractivity contribution in [2.24, 2.45) is 0 Å². The van der Waals surface area contributed by atoms with Gasteiger partial charge in [0.25, 0.3) is 5.91 Å². The lowest BCUT2D eigenvalue weighted by Gasteiger charge is -2.06. The molecule has 0 radical (unpaired) electrons. The molecule has 0 saturated carbocycles. The molecule has 2 aromatic heterocycles. The largest absolute Gasteiger partial charge is 0.466 e. The van der Waals surface area contributed by atoms with Crippen LogP contribution in [0.4, 0.5) is 0 Å². The van der Waals surface area contributed by atoms with Crippen LogP contribution in [0.25, 0.3) is 5.65 Å². The van der Waals surface area contributed by atoms with Gasteiger partial charge in [-0.05, 0) is 26.3 Å². The molecule has 0 aromatic carbocycles. The minimum absolute atomic E-state index is 0.223. The smallest absolute Gasteiger partial charge is 0.344 e. The lowest BCUT2D eigenvalue weighted by molar-refractivity contribution is -0.143. The van der Waals surface area contributed by atoms with Crippen LogP contribution in [0.1, 0.15) is 35.8 Å². The number of aromatic nitrogens is 3. The predicted octanol–water partition coefficient (Wildman–Crippen LogP) is 0.654. The van der Waals surface area contributed by atoms with E-state index in [1.165, 1.54) is 4.52 Å². The number of aryl methyl sites for hydroxylation is 1. The quantitative estimate of drug-likeness (QED) is 0.551. The Balaban J connectivity index is 1.78. The summed E-state index contributed by atoms with van der Waals surface area (Å²) in [5.41, 5.74) is 1.08. The summed E-state index contributed by atoms with van der Waals surface area (Å²) in [5, 5.41) is 6.73. The Morgan fingerprint density at radius 2 is 2.08 bits per heavy atom. The molecule has 9 heteroatoms. The normalized spacial score (nSPS) is 10.5. The molecule has 0 aliphatic heterocycles. The van der Waals surface area contributed by atoms with Gasteiger partial charge in [-0.25, -0.2) is 14.3 Å². The van der Waals surface area contributed by atoms with Gasteiger partial charge in [0.05, 0.1) is 12.3 Å². The zero-order valence-electron chi connectivity index (χ0n) is 14.2. The van der Waals surface area contributed by atoms with Crippen molar-refractivity contribution in [2.75, 3.05) is 19.8 Å². The Morgan fingerprint density at radius 1 is 1.28 bits per heavy atom. The molecule has 1 amide bonds. The van der Waals surface area contributed by atoms with Crippen molar-refractivity contribution in [3.05, 3.63) is 29.7 Å². The monoisotopic (exact) mass is 348 g/mol. The first kappa shape index (κ1) is 18.4. The van der Waals surface area contributed by atoms with Crippen molar-refractivity contribution in [1.82, 2.24) is 19.9 Å². The fourth-order valence-electron chi connectivity index (χ4n) is 2.18. The zero-order chi connectivity index (χ0) is 18.2. The molecule has 0 aliphatic rings. The first-order valence-corrected chi connectivity index (χ1v) is 7.92. The average Bonchev–Trinajstić information content (AvgIpc) is 2.92. The topological polar surface area (TPSA) is 112 Å². The molecule has 134 valence electrons. The molecule has 1 N–H and O–H groups in total. The van der Waals surface area contributed by atoms with E-state index in [1.54, 1.807) is 32.3 Å². The molecular weight excluding hydrogens is 328 g/mol. The van der Waals surface area contributed by atoms with Crippen LogP contribution in [-0.4, -0.2) is 52.2 Å². The second kappa shape index (κ2) is 8.76. The molecule has 25 heavy (non-hydrogen) atoms. The van der Waals surface area contributed by atoms with Gasteiger partial charge in [-0.3, -0.25) is 9.59 Å². The van der Waals surface area contributed by atoms with Crippen LogP contribution in [0.2, 0.25) is 0 Å². The summed E-state index contributed by atoms with van der Waals surface area (Å²) in [5.74, 6) is -1.41. The van der Waals surface area contributed by atoms with Gasteiger partial charge < -0.3 is 14.8 Å². The van der Waals surface area contributed by atoms with E-state index < -0.39 is 18.5 Å². The lowest BCUT2D eigenvalue weighted by atomic mass is 10.2. The fraction of sp³-hybridized carbons (Fsp3) is 0.438. The molecule has 0 spiro atoms. The number of carbonyl (C=O) groups is 3. The van der Waals surface area contributed by atoms with E-state index in [1.807, 2.05) is 0 Å². The maximum absolute atomic E-state index is 12.2. The third-order valence-corrected chi connectivity index (χ3v) is 3.29. The third kappa shape index (κ3) is 5.00. The highest BCUT2D eigenvalue weighted by Crippen LogP contribution is 2.13. The summed E-state index contributed by atoms with van der Waals surface area (Å²) in [6.07, 6.45) is 3.89. The van der Waals surface area contributed by atoms with Gasteiger partial charge in [0.2, 0.25) is 0 Å². The second-order valence-electron chi connectivity index (χ2n) is 5.18. The molecule has 9 nitrogen and oxygen atoms in total. The SMILES string of the molecule is CCOC(=O)CCCNC(=O)COC(=O)c1c(C)nn2cccnc12. The van der Waals surface area contributed by atoms with Crippen molar-refractivity contribution in [3.63, 3.8) is 0 Å². The summed E-state index contributed by atoms with van der Waals surface area (Å²) >= 11 is 0. The van der Waals surface area contributed by atoms with E-state index in [0.717, 1.165) is 0 Å². The standard InChI is InChI=1S/C16H20N4O5/c1-3-24-13(22)6-4-7-17-12(21)10-25-16(23)14-11(2)19-20-9-5-8-18-15(14)20/h5,8-9H,3-4,6-7,10H2,1-2H3,(H,17,21). The molecule has 0 saturated heterocycles. The minimum Gasteiger partial charge on any atom is -0.466 e. The van der Waals surface area contributed by atoms with Crippen LogP contribution in [0, 0.1) is 6.92 Å². The second-order valence-corrected chi connectivity index (χ2v) is 5.18. The number of amides is 1. The average molecular weight is 348 g/mol. The summed E-state index contributed by atoms with van der Waals surface area (Å²) in [6.45, 7) is 3.61. The summed E-state index contributed by atoms with van der Waals surface area (Å²) in [7, 11) is 0. The summed E-state index contributed by atoms with van der Waals surface area (Å²) < 4.78 is 11.3. The maximum atomic E-state index is 12.2. The van der Waals surface area contributed by atoms with Gasteiger partial charge in [-0.2, -0.15) is 5.10 Å². The number of esters is 2. The molecule has 2 heterocycles. The molecule has 0 atom stereocenters. The molecule has 0 bridgehead atoms. The molecule has 0 unspecified atom stereocenters. The van der Waals surface area contributed by atoms with Crippen LogP contribution in [-0.2, 0) is 19.1 Å². The number of nitrogens with one attached hydrogen (secondary N) is 1. The van der Waals surface area contributed by atoms with Crippen molar-refractivity contribution < 1.29 is 23.9 Å². The van der Waals surface area contributed by atoms with E-state index in [4.69, 9.17) is 9.47 Å². The fourth-order valence-corrected chi connectivity index (χ4v) is 2.18. The maximum Gasteiger partial charge on any atom is 0.344 e. The highest BCUT2D eigenvalue weighted by atomic mass is 16.5. The van der Waals surface area contributed by atoms with Crippen LogP contribution in [0.5, 0.6) is 0 Å². The number of rotatable bonds is 8. The summed E-state index contributed by atoms with van der Waals surface area (Å²) in [6, 6.07) is 1.69. The number of fused-ring (bicyclic) bond motifs is 1. The molecule has 0 fully saturated rings. The van der Waals surface area contributed by atoms with Gasteiger partial charge in [0, 0.05) is 25.4 Å². The van der Waals surface area contributed by atoms with Crippen LogP contribution < -0.4 is 5.32 Å². The highest BCUT2D eigenvalue weighted by molar-refractivity contribution is 5.98. The Hall–Kier alpha value is -2.97. The molecule has 2 rings (SSSR count). The van der Waals surface area contributed by atoms with Crippen molar-refractivity contribution in [3.8, 4) is 0 Å². The van der Waals surface area contributed by atoms with Gasteiger partial charge in [-0.1, -0.05) is 0 Å². The molecular formula is C16H20N4O5. The van der Waals surface area contributed by atoms with E-state index >= 15 is 0 Å².